The highest BCUT2D eigenvalue weighted by Crippen LogP contribution is 2.22. The molecule has 0 unspecified atom stereocenters. The Labute approximate surface area is 67.6 Å². The summed E-state index contributed by atoms with van der Waals surface area (Å²) in [5.74, 6) is -0.571. The van der Waals surface area contributed by atoms with Crippen LogP contribution in [0.2, 0.25) is 0 Å². The number of rotatable bonds is 0. The number of hydrogen-bond acceptors (Lipinski definition) is 2. The molecule has 1 aliphatic heterocycles. The summed E-state index contributed by atoms with van der Waals surface area (Å²) in [6, 6.07) is 5.06. The monoisotopic (exact) mass is 150 g/mol. The van der Waals surface area contributed by atoms with E-state index in [0.29, 0.717) is 11.1 Å². The van der Waals surface area contributed by atoms with E-state index < -0.39 is 12.5 Å². The van der Waals surface area contributed by atoms with Crippen LogP contribution in [0.4, 0.5) is 0 Å². The zero-order chi connectivity index (χ0) is 9.64. The van der Waals surface area contributed by atoms with Crippen molar-refractivity contribution in [1.82, 2.24) is 0 Å². The fraction of sp³-hybridized carbons (Fsp3) is 0.222. The van der Waals surface area contributed by atoms with E-state index >= 15 is 0 Å². The Morgan fingerprint density at radius 2 is 2.45 bits per heavy atom. The van der Waals surface area contributed by atoms with E-state index in [0.717, 1.165) is 5.56 Å². The Hall–Kier alpha value is -1.31. The second kappa shape index (κ2) is 2.09. The minimum Gasteiger partial charge on any atom is -0.457 e. The van der Waals surface area contributed by atoms with E-state index in [1.54, 1.807) is 25.1 Å². The van der Waals surface area contributed by atoms with Gasteiger partial charge in [0.1, 0.15) is 6.56 Å². The highest BCUT2D eigenvalue weighted by Gasteiger charge is 2.21. The molecule has 1 aromatic rings. The Balaban J connectivity index is 2.72. The quantitative estimate of drug-likeness (QED) is 0.526. The first-order valence-electron chi connectivity index (χ1n) is 4.36. The Morgan fingerprint density at radius 1 is 1.64 bits per heavy atom. The van der Waals surface area contributed by atoms with Gasteiger partial charge in [0.25, 0.3) is 0 Å². The average Bonchev–Trinajstić information content (AvgIpc) is 2.24. The zero-order valence-electron chi connectivity index (χ0n) is 8.05. The highest BCUT2D eigenvalue weighted by atomic mass is 16.5. The molecule has 0 aromatic heterocycles. The summed E-state index contributed by atoms with van der Waals surface area (Å²) in [6.45, 7) is -0.195. The Kier molecular flexibility index (Phi) is 0.862. The molecule has 0 saturated carbocycles. The first-order chi connectivity index (χ1) is 6.02. The molecule has 0 amide bonds. The lowest BCUT2D eigenvalue weighted by atomic mass is 10.0. The number of hydrogen-bond donors (Lipinski definition) is 0. The minimum absolute atomic E-state index is 0.331. The maximum atomic E-state index is 11.2. The number of ether oxygens (including phenoxy) is 1. The molecule has 0 fully saturated rings. The summed E-state index contributed by atoms with van der Waals surface area (Å²) >= 11 is 0. The van der Waals surface area contributed by atoms with Crippen molar-refractivity contribution in [3.05, 3.63) is 34.9 Å². The normalized spacial score (nSPS) is 21.7. The van der Waals surface area contributed by atoms with Crippen LogP contribution in [0.15, 0.2) is 18.2 Å². The van der Waals surface area contributed by atoms with Crippen LogP contribution < -0.4 is 0 Å². The highest BCUT2D eigenvalue weighted by molar-refractivity contribution is 5.94. The molecule has 0 radical (unpaired) electrons. The van der Waals surface area contributed by atoms with Crippen molar-refractivity contribution in [3.63, 3.8) is 0 Å². The van der Waals surface area contributed by atoms with Crippen molar-refractivity contribution in [1.29, 1.82) is 0 Å². The maximum Gasteiger partial charge on any atom is 0.339 e. The van der Waals surface area contributed by atoms with Crippen LogP contribution in [0.25, 0.3) is 0 Å². The summed E-state index contributed by atoms with van der Waals surface area (Å²) in [5, 5.41) is 0. The topological polar surface area (TPSA) is 26.3 Å². The molecule has 0 bridgehead atoms. The van der Waals surface area contributed by atoms with Crippen LogP contribution in [0, 0.1) is 6.92 Å². The van der Waals surface area contributed by atoms with E-state index in [9.17, 15) is 4.79 Å². The average molecular weight is 150 g/mol. The molecule has 1 heterocycles. The predicted molar refractivity (Wildman–Crippen MR) is 40.3 cm³/mol. The summed E-state index contributed by atoms with van der Waals surface area (Å²) in [5.41, 5.74) is 1.45. The van der Waals surface area contributed by atoms with Crippen molar-refractivity contribution < 1.29 is 12.3 Å². The third kappa shape index (κ3) is 0.827. The molecular weight excluding hydrogens is 140 g/mol. The van der Waals surface area contributed by atoms with Gasteiger partial charge in [-0.05, 0) is 12.5 Å². The fourth-order valence-corrected chi connectivity index (χ4v) is 1.18. The van der Waals surface area contributed by atoms with Crippen LogP contribution >= 0.6 is 0 Å². The van der Waals surface area contributed by atoms with E-state index in [4.69, 9.17) is 2.74 Å². The number of cyclic esters (lactones) is 1. The van der Waals surface area contributed by atoms with Crippen LogP contribution in [0.3, 0.4) is 0 Å². The minimum atomic E-state index is -1.96. The number of benzene rings is 1. The van der Waals surface area contributed by atoms with Crippen molar-refractivity contribution >= 4 is 5.97 Å². The molecule has 1 aromatic carbocycles. The maximum absolute atomic E-state index is 11.2. The van der Waals surface area contributed by atoms with Crippen molar-refractivity contribution in [2.24, 2.45) is 0 Å². The molecule has 1 aliphatic rings. The van der Waals surface area contributed by atoms with Crippen LogP contribution in [0.1, 0.15) is 24.2 Å². The number of fused-ring (bicyclic) bond motifs is 1. The summed E-state index contributed by atoms with van der Waals surface area (Å²) < 4.78 is 19.4. The van der Waals surface area contributed by atoms with Crippen molar-refractivity contribution in [2.45, 2.75) is 13.5 Å². The summed E-state index contributed by atoms with van der Waals surface area (Å²) in [6.07, 6.45) is 0. The van der Waals surface area contributed by atoms with Crippen molar-refractivity contribution in [2.75, 3.05) is 0 Å². The van der Waals surface area contributed by atoms with Gasteiger partial charge >= 0.3 is 5.97 Å². The van der Waals surface area contributed by atoms with Gasteiger partial charge in [-0.1, -0.05) is 18.2 Å². The SMILES string of the molecule is [2H]C1([2H])OC(=O)c2c(C)cccc21. The van der Waals surface area contributed by atoms with Gasteiger partial charge in [-0.3, -0.25) is 0 Å². The van der Waals surface area contributed by atoms with E-state index in [1.165, 1.54) is 0 Å². The van der Waals surface area contributed by atoms with Gasteiger partial charge in [-0.25, -0.2) is 4.79 Å². The first kappa shape index (κ1) is 4.54. The van der Waals surface area contributed by atoms with Gasteiger partial charge in [0.15, 0.2) is 0 Å². The largest absolute Gasteiger partial charge is 0.457 e. The molecular formula is C9H8O2. The third-order valence-electron chi connectivity index (χ3n) is 1.73. The standard InChI is InChI=1S/C9H8O2/c1-6-3-2-4-7-5-11-9(10)8(6)7/h2-4H,5H2,1H3/i5D2. The lowest BCUT2D eigenvalue weighted by Crippen LogP contribution is -1.96. The fourth-order valence-electron chi connectivity index (χ4n) is 1.18. The zero-order valence-corrected chi connectivity index (χ0v) is 6.05. The Bertz CT molecular complexity index is 385. The summed E-state index contributed by atoms with van der Waals surface area (Å²) in [4.78, 5) is 11.2. The molecule has 2 rings (SSSR count). The van der Waals surface area contributed by atoms with Gasteiger partial charge in [0, 0.05) is 5.56 Å². The van der Waals surface area contributed by atoms with E-state index in [1.807, 2.05) is 0 Å². The molecule has 0 spiro atoms. The molecule has 2 nitrogen and oxygen atoms in total. The van der Waals surface area contributed by atoms with Gasteiger partial charge in [-0.2, -0.15) is 0 Å². The third-order valence-corrected chi connectivity index (χ3v) is 1.73. The molecule has 0 atom stereocenters. The Morgan fingerprint density at radius 3 is 3.18 bits per heavy atom. The lowest BCUT2D eigenvalue weighted by Gasteiger charge is -1.96. The molecule has 0 saturated heterocycles. The van der Waals surface area contributed by atoms with Crippen LogP contribution in [-0.2, 0) is 11.3 Å². The number of carbonyl (C=O) groups excluding carboxylic acids is 1. The number of aryl methyl sites for hydroxylation is 1. The van der Waals surface area contributed by atoms with Gasteiger partial charge in [-0.15, -0.1) is 0 Å². The summed E-state index contributed by atoms with van der Waals surface area (Å²) in [7, 11) is 0. The molecule has 0 aliphatic carbocycles. The smallest absolute Gasteiger partial charge is 0.339 e. The van der Waals surface area contributed by atoms with Gasteiger partial charge in [0.05, 0.1) is 8.30 Å². The first-order valence-corrected chi connectivity index (χ1v) is 3.36. The molecule has 0 N–H and O–H groups in total. The second-order valence-corrected chi connectivity index (χ2v) is 2.49. The predicted octanol–water partition coefficient (Wildman–Crippen LogP) is 1.67. The lowest BCUT2D eigenvalue weighted by molar-refractivity contribution is 0.0534. The molecule has 56 valence electrons. The van der Waals surface area contributed by atoms with E-state index in [-0.39, 0.29) is 0 Å². The second-order valence-electron chi connectivity index (χ2n) is 2.49. The van der Waals surface area contributed by atoms with Crippen LogP contribution in [-0.4, -0.2) is 5.97 Å². The van der Waals surface area contributed by atoms with Gasteiger partial charge < -0.3 is 4.74 Å². The number of carbonyl (C=O) groups is 1. The van der Waals surface area contributed by atoms with Crippen molar-refractivity contribution in [3.8, 4) is 0 Å². The van der Waals surface area contributed by atoms with E-state index in [2.05, 4.69) is 4.74 Å². The molecule has 2 heteroatoms. The van der Waals surface area contributed by atoms with Gasteiger partial charge in [0.2, 0.25) is 0 Å². The number of esters is 1. The van der Waals surface area contributed by atoms with Crippen LogP contribution in [0.5, 0.6) is 0 Å². The molecule has 11 heavy (non-hydrogen) atoms.